The van der Waals surface area contributed by atoms with Crippen molar-refractivity contribution in [3.05, 3.63) is 47.5 Å². The minimum atomic E-state index is -3.43. The monoisotopic (exact) mass is 399 g/mol. The van der Waals surface area contributed by atoms with Gasteiger partial charge in [0.2, 0.25) is 5.91 Å². The molecule has 25 heavy (non-hydrogen) atoms. The largest absolute Gasteiger partial charge is 0.506 e. The minimum Gasteiger partial charge on any atom is -0.506 e. The van der Waals surface area contributed by atoms with Gasteiger partial charge in [-0.3, -0.25) is 4.79 Å². The summed E-state index contributed by atoms with van der Waals surface area (Å²) in [5.74, 6) is -0.595. The highest BCUT2D eigenvalue weighted by atomic mass is 35.5. The Hall–Kier alpha value is -1.70. The van der Waals surface area contributed by atoms with Crippen LogP contribution in [0.3, 0.4) is 0 Å². The van der Waals surface area contributed by atoms with Gasteiger partial charge in [0.1, 0.15) is 5.75 Å². The van der Waals surface area contributed by atoms with Gasteiger partial charge in [-0.25, -0.2) is 8.42 Å². The lowest BCUT2D eigenvalue weighted by Gasteiger charge is -2.14. The minimum absolute atomic E-state index is 0.0566. The lowest BCUT2D eigenvalue weighted by atomic mass is 10.3. The van der Waals surface area contributed by atoms with Gasteiger partial charge in [0.15, 0.2) is 9.84 Å². The Morgan fingerprint density at radius 3 is 2.48 bits per heavy atom. The van der Waals surface area contributed by atoms with Crippen LogP contribution in [-0.4, -0.2) is 30.4 Å². The number of phenolic OH excluding ortho intramolecular Hbond substituents is 1. The normalized spacial score (nSPS) is 12.6. The number of hydrogen-bond donors (Lipinski definition) is 2. The van der Waals surface area contributed by atoms with Gasteiger partial charge in [-0.2, -0.15) is 0 Å². The fourth-order valence-corrected chi connectivity index (χ4v) is 3.88. The summed E-state index contributed by atoms with van der Waals surface area (Å²) >= 11 is 7.16. The van der Waals surface area contributed by atoms with Crippen LogP contribution >= 0.6 is 23.4 Å². The van der Waals surface area contributed by atoms with E-state index in [-0.39, 0.29) is 28.0 Å². The molecule has 0 aliphatic heterocycles. The molecule has 5 nitrogen and oxygen atoms in total. The molecule has 2 aromatic rings. The van der Waals surface area contributed by atoms with Crippen molar-refractivity contribution in [1.82, 2.24) is 0 Å². The van der Waals surface area contributed by atoms with Crippen LogP contribution in [0.4, 0.5) is 5.69 Å². The van der Waals surface area contributed by atoms with Gasteiger partial charge < -0.3 is 10.4 Å². The van der Waals surface area contributed by atoms with E-state index in [0.29, 0.717) is 5.02 Å². The van der Waals surface area contributed by atoms with Crippen molar-refractivity contribution in [2.75, 3.05) is 11.1 Å². The molecule has 0 heterocycles. The van der Waals surface area contributed by atoms with Crippen molar-refractivity contribution in [3.63, 3.8) is 0 Å². The predicted octanol–water partition coefficient (Wildman–Crippen LogP) is 3.96. The SMILES string of the molecule is CCS(=O)(=O)c1ccc(O)c(NC(=O)C(C)Sc2ccc(Cl)cc2)c1. The van der Waals surface area contributed by atoms with E-state index in [9.17, 15) is 18.3 Å². The summed E-state index contributed by atoms with van der Waals surface area (Å²) in [4.78, 5) is 13.3. The van der Waals surface area contributed by atoms with Crippen molar-refractivity contribution in [3.8, 4) is 5.75 Å². The number of amides is 1. The molecule has 1 unspecified atom stereocenters. The highest BCUT2D eigenvalue weighted by molar-refractivity contribution is 8.00. The average Bonchev–Trinajstić information content (AvgIpc) is 2.58. The quantitative estimate of drug-likeness (QED) is 0.567. The molecule has 0 aliphatic carbocycles. The molecule has 134 valence electrons. The van der Waals surface area contributed by atoms with Crippen molar-refractivity contribution >= 4 is 44.8 Å². The van der Waals surface area contributed by atoms with E-state index in [1.165, 1.54) is 36.9 Å². The van der Waals surface area contributed by atoms with E-state index in [0.717, 1.165) is 4.90 Å². The summed E-state index contributed by atoms with van der Waals surface area (Å²) < 4.78 is 23.9. The Labute approximate surface area is 156 Å². The number of anilines is 1. The van der Waals surface area contributed by atoms with Crippen LogP contribution in [0.25, 0.3) is 0 Å². The summed E-state index contributed by atoms with van der Waals surface area (Å²) in [6.07, 6.45) is 0. The number of aromatic hydroxyl groups is 1. The molecule has 0 saturated heterocycles. The van der Waals surface area contributed by atoms with E-state index in [1.54, 1.807) is 19.1 Å². The molecule has 0 saturated carbocycles. The third-order valence-corrected chi connectivity index (χ3v) is 6.56. The number of thioether (sulfide) groups is 1. The lowest BCUT2D eigenvalue weighted by molar-refractivity contribution is -0.115. The second kappa shape index (κ2) is 8.12. The zero-order valence-electron chi connectivity index (χ0n) is 13.7. The van der Waals surface area contributed by atoms with E-state index >= 15 is 0 Å². The van der Waals surface area contributed by atoms with Gasteiger partial charge in [-0.15, -0.1) is 11.8 Å². The zero-order chi connectivity index (χ0) is 18.6. The molecule has 1 amide bonds. The summed E-state index contributed by atoms with van der Waals surface area (Å²) in [5.41, 5.74) is 0.0723. The van der Waals surface area contributed by atoms with Crippen LogP contribution in [-0.2, 0) is 14.6 Å². The van der Waals surface area contributed by atoms with Crippen molar-refractivity contribution in [1.29, 1.82) is 0 Å². The number of hydrogen-bond acceptors (Lipinski definition) is 5. The molecule has 0 bridgehead atoms. The van der Waals surface area contributed by atoms with Gasteiger partial charge in [0.25, 0.3) is 0 Å². The first-order valence-corrected chi connectivity index (χ1v) is 10.4. The maximum absolute atomic E-state index is 12.3. The average molecular weight is 400 g/mol. The summed E-state index contributed by atoms with van der Waals surface area (Å²) in [7, 11) is -3.43. The van der Waals surface area contributed by atoms with Crippen molar-refractivity contribution in [2.45, 2.75) is 28.9 Å². The Balaban J connectivity index is 2.14. The second-order valence-electron chi connectivity index (χ2n) is 5.29. The molecule has 2 N–H and O–H groups in total. The molecule has 0 aromatic heterocycles. The van der Waals surface area contributed by atoms with Crippen LogP contribution in [0.5, 0.6) is 5.75 Å². The van der Waals surface area contributed by atoms with Crippen molar-refractivity contribution < 1.29 is 18.3 Å². The standard InChI is InChI=1S/C17H18ClNO4S2/c1-3-25(22,23)14-8-9-16(20)15(10-14)19-17(21)11(2)24-13-6-4-12(18)5-7-13/h4-11,20H,3H2,1-2H3,(H,19,21). The molecule has 0 fully saturated rings. The van der Waals surface area contributed by atoms with Gasteiger partial charge >= 0.3 is 0 Å². The van der Waals surface area contributed by atoms with Crippen molar-refractivity contribution in [2.24, 2.45) is 0 Å². The smallest absolute Gasteiger partial charge is 0.237 e. The van der Waals surface area contributed by atoms with Crippen LogP contribution in [0.15, 0.2) is 52.3 Å². The third kappa shape index (κ3) is 5.14. The molecular formula is C17H18ClNO4S2. The molecule has 0 radical (unpaired) electrons. The van der Waals surface area contributed by atoms with Crippen LogP contribution in [0.2, 0.25) is 5.02 Å². The molecular weight excluding hydrogens is 382 g/mol. The van der Waals surface area contributed by atoms with E-state index < -0.39 is 15.1 Å². The summed E-state index contributed by atoms with van der Waals surface area (Å²) in [5, 5.41) is 12.6. The molecule has 0 aliphatic rings. The number of halogens is 1. The molecule has 2 rings (SSSR count). The Morgan fingerprint density at radius 1 is 1.24 bits per heavy atom. The Bertz CT molecular complexity index is 867. The Morgan fingerprint density at radius 2 is 1.88 bits per heavy atom. The number of rotatable bonds is 6. The molecule has 2 aromatic carbocycles. The van der Waals surface area contributed by atoms with Crippen LogP contribution < -0.4 is 5.32 Å². The second-order valence-corrected chi connectivity index (χ2v) is 9.41. The highest BCUT2D eigenvalue weighted by Gasteiger charge is 2.18. The predicted molar refractivity (Wildman–Crippen MR) is 101 cm³/mol. The van der Waals surface area contributed by atoms with Crippen LogP contribution in [0, 0.1) is 0 Å². The lowest BCUT2D eigenvalue weighted by Crippen LogP contribution is -2.22. The van der Waals surface area contributed by atoms with E-state index in [2.05, 4.69) is 5.32 Å². The number of sulfone groups is 1. The highest BCUT2D eigenvalue weighted by Crippen LogP contribution is 2.29. The van der Waals surface area contributed by atoms with Gasteiger partial charge in [0, 0.05) is 9.92 Å². The fourth-order valence-electron chi connectivity index (χ4n) is 1.98. The maximum Gasteiger partial charge on any atom is 0.237 e. The van der Waals surface area contributed by atoms with Gasteiger partial charge in [-0.1, -0.05) is 18.5 Å². The number of carbonyl (C=O) groups excluding carboxylic acids is 1. The zero-order valence-corrected chi connectivity index (χ0v) is 16.1. The third-order valence-electron chi connectivity index (χ3n) is 3.46. The maximum atomic E-state index is 12.3. The van der Waals surface area contributed by atoms with Crippen LogP contribution in [0.1, 0.15) is 13.8 Å². The number of carbonyl (C=O) groups is 1. The van der Waals surface area contributed by atoms with Gasteiger partial charge in [-0.05, 0) is 49.4 Å². The number of phenols is 1. The summed E-state index contributed by atoms with van der Waals surface area (Å²) in [6.45, 7) is 3.25. The topological polar surface area (TPSA) is 83.5 Å². The first-order chi connectivity index (χ1) is 11.7. The fraction of sp³-hybridized carbons (Fsp3) is 0.235. The first-order valence-electron chi connectivity index (χ1n) is 7.52. The number of benzene rings is 2. The van der Waals surface area contributed by atoms with E-state index in [4.69, 9.17) is 11.6 Å². The van der Waals surface area contributed by atoms with E-state index in [1.807, 2.05) is 12.1 Å². The molecule has 8 heteroatoms. The molecule has 0 spiro atoms. The number of nitrogens with one attached hydrogen (secondary N) is 1. The summed E-state index contributed by atoms with van der Waals surface area (Å²) in [6, 6.07) is 10.9. The van der Waals surface area contributed by atoms with Gasteiger partial charge in [0.05, 0.1) is 21.6 Å². The first kappa shape index (κ1) is 19.6. The Kier molecular flexibility index (Phi) is 6.37. The molecule has 1 atom stereocenters.